The number of hydrogen-bond acceptors (Lipinski definition) is 7. The molecule has 2 aromatic heterocycles. The van der Waals surface area contributed by atoms with Crippen LogP contribution in [0.15, 0.2) is 41.3 Å². The topological polar surface area (TPSA) is 89.7 Å². The van der Waals surface area contributed by atoms with Gasteiger partial charge in [-0.05, 0) is 42.8 Å². The van der Waals surface area contributed by atoms with Crippen LogP contribution in [0.5, 0.6) is 5.75 Å². The summed E-state index contributed by atoms with van der Waals surface area (Å²) in [5.41, 5.74) is 0.00958. The van der Waals surface area contributed by atoms with Crippen LogP contribution in [-0.4, -0.2) is 54.7 Å². The average molecular weight is 429 g/mol. The van der Waals surface area contributed by atoms with Crippen LogP contribution in [0.25, 0.3) is 5.65 Å². The second kappa shape index (κ2) is 7.85. The summed E-state index contributed by atoms with van der Waals surface area (Å²) in [5, 5.41) is 10.6. The molecule has 0 bridgehead atoms. The molecule has 0 fully saturated rings. The minimum absolute atomic E-state index is 0.00958. The van der Waals surface area contributed by atoms with Gasteiger partial charge in [-0.3, -0.25) is 0 Å². The SMILES string of the molecule is CN(CCCOc1ccc(S(C)(=O)=O)cc1)c1ccc2nnc(C(F)(F)F)n2n1. The molecule has 3 rings (SSSR count). The van der Waals surface area contributed by atoms with Crippen molar-refractivity contribution >= 4 is 21.3 Å². The molecule has 0 spiro atoms. The van der Waals surface area contributed by atoms with Crippen molar-refractivity contribution in [2.45, 2.75) is 17.5 Å². The Morgan fingerprint density at radius 1 is 1.10 bits per heavy atom. The zero-order chi connectivity index (χ0) is 21.2. The van der Waals surface area contributed by atoms with Gasteiger partial charge in [-0.1, -0.05) is 0 Å². The van der Waals surface area contributed by atoms with Gasteiger partial charge in [0.1, 0.15) is 11.6 Å². The van der Waals surface area contributed by atoms with Crippen LogP contribution in [0.1, 0.15) is 12.2 Å². The summed E-state index contributed by atoms with van der Waals surface area (Å²) < 4.78 is 68.0. The third-order valence-electron chi connectivity index (χ3n) is 4.05. The Bertz CT molecular complexity index is 1100. The van der Waals surface area contributed by atoms with Crippen LogP contribution in [0.3, 0.4) is 0 Å². The van der Waals surface area contributed by atoms with E-state index in [1.54, 1.807) is 30.1 Å². The summed E-state index contributed by atoms with van der Waals surface area (Å²) in [4.78, 5) is 1.90. The summed E-state index contributed by atoms with van der Waals surface area (Å²) in [7, 11) is -1.56. The molecule has 3 aromatic rings. The van der Waals surface area contributed by atoms with E-state index < -0.39 is 21.8 Å². The van der Waals surface area contributed by atoms with Gasteiger partial charge in [0.2, 0.25) is 0 Å². The van der Waals surface area contributed by atoms with Crippen molar-refractivity contribution in [2.24, 2.45) is 0 Å². The number of ether oxygens (including phenoxy) is 1. The van der Waals surface area contributed by atoms with Gasteiger partial charge < -0.3 is 9.64 Å². The Balaban J connectivity index is 1.57. The maximum absolute atomic E-state index is 13.0. The van der Waals surface area contributed by atoms with Crippen LogP contribution in [-0.2, 0) is 16.0 Å². The minimum atomic E-state index is -4.65. The van der Waals surface area contributed by atoms with E-state index in [0.717, 1.165) is 6.26 Å². The number of aromatic nitrogens is 4. The van der Waals surface area contributed by atoms with Gasteiger partial charge in [-0.15, -0.1) is 15.3 Å². The molecule has 0 atom stereocenters. The molecular weight excluding hydrogens is 411 g/mol. The zero-order valence-corrected chi connectivity index (χ0v) is 16.4. The smallest absolute Gasteiger partial charge is 0.453 e. The van der Waals surface area contributed by atoms with Crippen molar-refractivity contribution in [1.82, 2.24) is 19.8 Å². The maximum atomic E-state index is 13.0. The third-order valence-corrected chi connectivity index (χ3v) is 5.18. The highest BCUT2D eigenvalue weighted by molar-refractivity contribution is 7.90. The van der Waals surface area contributed by atoms with E-state index in [0.29, 0.717) is 35.7 Å². The summed E-state index contributed by atoms with van der Waals surface area (Å²) >= 11 is 0. The monoisotopic (exact) mass is 429 g/mol. The fraction of sp³-hybridized carbons (Fsp3) is 0.353. The highest BCUT2D eigenvalue weighted by Crippen LogP contribution is 2.27. The minimum Gasteiger partial charge on any atom is -0.494 e. The zero-order valence-electron chi connectivity index (χ0n) is 15.6. The van der Waals surface area contributed by atoms with Crippen LogP contribution in [0.4, 0.5) is 19.0 Å². The molecule has 0 radical (unpaired) electrons. The van der Waals surface area contributed by atoms with Crippen LogP contribution in [0.2, 0.25) is 0 Å². The second-order valence-electron chi connectivity index (χ2n) is 6.35. The summed E-state index contributed by atoms with van der Waals surface area (Å²) in [6.07, 6.45) is -2.95. The van der Waals surface area contributed by atoms with Gasteiger partial charge in [-0.25, -0.2) is 8.42 Å². The molecular formula is C17H18F3N5O3S. The van der Waals surface area contributed by atoms with Crippen molar-refractivity contribution in [3.63, 3.8) is 0 Å². The van der Waals surface area contributed by atoms with E-state index in [2.05, 4.69) is 15.3 Å². The second-order valence-corrected chi connectivity index (χ2v) is 8.37. The first-order valence-corrected chi connectivity index (χ1v) is 10.4. The quantitative estimate of drug-likeness (QED) is 0.533. The molecule has 0 N–H and O–H groups in total. The molecule has 0 aliphatic heterocycles. The van der Waals surface area contributed by atoms with Crippen LogP contribution >= 0.6 is 0 Å². The van der Waals surface area contributed by atoms with E-state index in [4.69, 9.17) is 4.74 Å². The molecule has 12 heteroatoms. The van der Waals surface area contributed by atoms with Gasteiger partial charge in [-0.2, -0.15) is 17.7 Å². The number of hydrogen-bond donors (Lipinski definition) is 0. The Kier molecular flexibility index (Phi) is 5.64. The number of rotatable bonds is 7. The van der Waals surface area contributed by atoms with Crippen LogP contribution < -0.4 is 9.64 Å². The molecule has 0 amide bonds. The number of halogens is 3. The van der Waals surface area contributed by atoms with Gasteiger partial charge in [0, 0.05) is 19.8 Å². The largest absolute Gasteiger partial charge is 0.494 e. The first kappa shape index (κ1) is 20.8. The van der Waals surface area contributed by atoms with Crippen molar-refractivity contribution in [3.05, 3.63) is 42.2 Å². The van der Waals surface area contributed by atoms with Crippen molar-refractivity contribution in [2.75, 3.05) is 31.4 Å². The lowest BCUT2D eigenvalue weighted by atomic mass is 10.3. The molecule has 29 heavy (non-hydrogen) atoms. The first-order valence-electron chi connectivity index (χ1n) is 8.49. The molecule has 0 unspecified atom stereocenters. The Morgan fingerprint density at radius 2 is 1.79 bits per heavy atom. The fourth-order valence-electron chi connectivity index (χ4n) is 2.55. The molecule has 0 saturated heterocycles. The molecule has 0 saturated carbocycles. The van der Waals surface area contributed by atoms with Crippen molar-refractivity contribution < 1.29 is 26.3 Å². The Labute approximate surface area is 164 Å². The Hall–Kier alpha value is -2.89. The first-order chi connectivity index (χ1) is 13.6. The summed E-state index contributed by atoms with van der Waals surface area (Å²) in [6.45, 7) is 0.814. The Morgan fingerprint density at radius 3 is 2.41 bits per heavy atom. The lowest BCUT2D eigenvalue weighted by Crippen LogP contribution is -2.23. The number of benzene rings is 1. The van der Waals surface area contributed by atoms with Gasteiger partial charge in [0.25, 0.3) is 5.82 Å². The number of fused-ring (bicyclic) bond motifs is 1. The highest BCUT2D eigenvalue weighted by Gasteiger charge is 2.37. The highest BCUT2D eigenvalue weighted by atomic mass is 32.2. The molecule has 2 heterocycles. The normalized spacial score (nSPS) is 12.3. The molecule has 8 nitrogen and oxygen atoms in total. The van der Waals surface area contributed by atoms with Crippen molar-refractivity contribution in [1.29, 1.82) is 0 Å². The molecule has 0 aliphatic rings. The standard InChI is InChI=1S/C17H18F3N5O3S/c1-24(10-3-11-28-12-4-6-13(7-5-12)29(2,26)27)15-9-8-14-21-22-16(17(18,19)20)25(14)23-15/h4-9H,3,10-11H2,1-2H3. The number of anilines is 1. The third kappa shape index (κ3) is 4.94. The lowest BCUT2D eigenvalue weighted by Gasteiger charge is -2.18. The van der Waals surface area contributed by atoms with Crippen LogP contribution in [0, 0.1) is 0 Å². The van der Waals surface area contributed by atoms with Gasteiger partial charge >= 0.3 is 6.18 Å². The summed E-state index contributed by atoms with van der Waals surface area (Å²) in [6, 6.07) is 9.05. The number of alkyl halides is 3. The van der Waals surface area contributed by atoms with E-state index in [1.807, 2.05) is 0 Å². The van der Waals surface area contributed by atoms with Crippen molar-refractivity contribution in [3.8, 4) is 5.75 Å². The predicted molar refractivity (Wildman–Crippen MR) is 98.7 cm³/mol. The lowest BCUT2D eigenvalue weighted by molar-refractivity contribution is -0.146. The maximum Gasteiger partial charge on any atom is 0.453 e. The van der Waals surface area contributed by atoms with Gasteiger partial charge in [0.15, 0.2) is 15.5 Å². The van der Waals surface area contributed by atoms with E-state index >= 15 is 0 Å². The van der Waals surface area contributed by atoms with E-state index in [-0.39, 0.29) is 10.5 Å². The average Bonchev–Trinajstić information content (AvgIpc) is 3.08. The molecule has 0 aliphatic carbocycles. The molecule has 1 aromatic carbocycles. The summed E-state index contributed by atoms with van der Waals surface area (Å²) in [5.74, 6) is -0.317. The van der Waals surface area contributed by atoms with Gasteiger partial charge in [0.05, 0.1) is 11.5 Å². The van der Waals surface area contributed by atoms with E-state index in [9.17, 15) is 21.6 Å². The number of nitrogens with zero attached hydrogens (tertiary/aromatic N) is 5. The van der Waals surface area contributed by atoms with E-state index in [1.165, 1.54) is 18.2 Å². The fourth-order valence-corrected chi connectivity index (χ4v) is 3.18. The molecule has 156 valence electrons. The number of sulfone groups is 1. The predicted octanol–water partition coefficient (Wildman–Crippen LogP) is 2.45.